The van der Waals surface area contributed by atoms with Gasteiger partial charge in [-0.15, -0.1) is 0 Å². The predicted molar refractivity (Wildman–Crippen MR) is 72.4 cm³/mol. The Morgan fingerprint density at radius 2 is 1.88 bits per heavy atom. The van der Waals surface area contributed by atoms with Crippen molar-refractivity contribution in [2.45, 2.75) is 32.7 Å². The lowest BCUT2D eigenvalue weighted by atomic mass is 10.1. The Morgan fingerprint density at radius 1 is 1.19 bits per heavy atom. The van der Waals surface area contributed by atoms with E-state index in [1.807, 2.05) is 6.08 Å². The molecule has 0 atom stereocenters. The highest BCUT2D eigenvalue weighted by Crippen LogP contribution is 2.08. The van der Waals surface area contributed by atoms with Gasteiger partial charge in [0.05, 0.1) is 0 Å². The highest BCUT2D eigenvalue weighted by molar-refractivity contribution is 5.47. The summed E-state index contributed by atoms with van der Waals surface area (Å²) in [5.41, 5.74) is 2.57. The Kier molecular flexibility index (Phi) is 5.87. The summed E-state index contributed by atoms with van der Waals surface area (Å²) in [6, 6.07) is 8.63. The van der Waals surface area contributed by atoms with Crippen molar-refractivity contribution in [2.24, 2.45) is 0 Å². The van der Waals surface area contributed by atoms with E-state index >= 15 is 0 Å². The molecule has 0 aliphatic rings. The Labute approximate surface area is 99.8 Å². The molecule has 16 heavy (non-hydrogen) atoms. The maximum Gasteiger partial charge on any atom is 0.0230 e. The zero-order chi connectivity index (χ0) is 11.8. The van der Waals surface area contributed by atoms with E-state index in [9.17, 15) is 0 Å². The van der Waals surface area contributed by atoms with Crippen LogP contribution in [0.4, 0.5) is 0 Å². The zero-order valence-electron chi connectivity index (χ0n) is 10.6. The second-order valence-electron chi connectivity index (χ2n) is 4.39. The molecule has 0 heterocycles. The van der Waals surface area contributed by atoms with E-state index in [0.29, 0.717) is 0 Å². The molecule has 1 rings (SSSR count). The lowest BCUT2D eigenvalue weighted by Crippen LogP contribution is -2.18. The largest absolute Gasteiger partial charge is 0.302 e. The lowest BCUT2D eigenvalue weighted by Gasteiger charge is -2.16. The lowest BCUT2D eigenvalue weighted by molar-refractivity contribution is 0.318. The van der Waals surface area contributed by atoms with Crippen LogP contribution in [-0.2, 0) is 6.54 Å². The number of benzene rings is 1. The quantitative estimate of drug-likeness (QED) is 0.625. The van der Waals surface area contributed by atoms with Crippen molar-refractivity contribution in [3.8, 4) is 0 Å². The molecule has 0 aliphatic carbocycles. The van der Waals surface area contributed by atoms with Crippen molar-refractivity contribution in [3.05, 3.63) is 42.0 Å². The summed E-state index contributed by atoms with van der Waals surface area (Å²) in [5, 5.41) is 0. The van der Waals surface area contributed by atoms with E-state index in [-0.39, 0.29) is 0 Å². The fourth-order valence-electron chi connectivity index (χ4n) is 1.78. The van der Waals surface area contributed by atoms with Crippen LogP contribution in [0.3, 0.4) is 0 Å². The summed E-state index contributed by atoms with van der Waals surface area (Å²) in [4.78, 5) is 2.39. The number of unbranched alkanes of at least 4 members (excludes halogenated alkanes) is 2. The Morgan fingerprint density at radius 3 is 2.44 bits per heavy atom. The first kappa shape index (κ1) is 13.0. The van der Waals surface area contributed by atoms with Gasteiger partial charge in [0.25, 0.3) is 0 Å². The fraction of sp³-hybridized carbons (Fsp3) is 0.467. The molecule has 0 radical (unpaired) electrons. The third kappa shape index (κ3) is 4.63. The van der Waals surface area contributed by atoms with E-state index in [4.69, 9.17) is 0 Å². The number of rotatable bonds is 7. The van der Waals surface area contributed by atoms with Gasteiger partial charge in [-0.25, -0.2) is 0 Å². The third-order valence-electron chi connectivity index (χ3n) is 2.81. The van der Waals surface area contributed by atoms with Gasteiger partial charge in [-0.1, -0.05) is 56.7 Å². The van der Waals surface area contributed by atoms with Crippen LogP contribution in [0.15, 0.2) is 30.8 Å². The Balaban J connectivity index is 2.37. The molecule has 1 nitrogen and oxygen atoms in total. The van der Waals surface area contributed by atoms with Gasteiger partial charge in [0.2, 0.25) is 0 Å². The second kappa shape index (κ2) is 7.24. The maximum absolute atomic E-state index is 3.76. The van der Waals surface area contributed by atoms with Gasteiger partial charge in [0.1, 0.15) is 0 Å². The van der Waals surface area contributed by atoms with Gasteiger partial charge in [0.15, 0.2) is 0 Å². The van der Waals surface area contributed by atoms with Gasteiger partial charge in [-0.2, -0.15) is 0 Å². The van der Waals surface area contributed by atoms with Crippen LogP contribution in [0.5, 0.6) is 0 Å². The van der Waals surface area contributed by atoms with E-state index in [1.165, 1.54) is 36.9 Å². The van der Waals surface area contributed by atoms with E-state index in [2.05, 4.69) is 49.7 Å². The van der Waals surface area contributed by atoms with E-state index < -0.39 is 0 Å². The third-order valence-corrected chi connectivity index (χ3v) is 2.81. The minimum Gasteiger partial charge on any atom is -0.302 e. The zero-order valence-corrected chi connectivity index (χ0v) is 10.6. The van der Waals surface area contributed by atoms with Crippen LogP contribution in [0.25, 0.3) is 6.08 Å². The van der Waals surface area contributed by atoms with Gasteiger partial charge < -0.3 is 4.90 Å². The fourth-order valence-corrected chi connectivity index (χ4v) is 1.78. The first-order chi connectivity index (χ1) is 7.76. The monoisotopic (exact) mass is 217 g/mol. The highest BCUT2D eigenvalue weighted by Gasteiger charge is 1.99. The average molecular weight is 217 g/mol. The van der Waals surface area contributed by atoms with Crippen molar-refractivity contribution in [2.75, 3.05) is 13.6 Å². The summed E-state index contributed by atoms with van der Waals surface area (Å²) < 4.78 is 0. The first-order valence-corrected chi connectivity index (χ1v) is 6.16. The molecule has 0 saturated heterocycles. The summed E-state index contributed by atoms with van der Waals surface area (Å²) in [7, 11) is 2.19. The molecular weight excluding hydrogens is 194 g/mol. The summed E-state index contributed by atoms with van der Waals surface area (Å²) in [6.45, 7) is 8.24. The van der Waals surface area contributed by atoms with Crippen LogP contribution in [0.2, 0.25) is 0 Å². The average Bonchev–Trinajstić information content (AvgIpc) is 2.30. The minimum absolute atomic E-state index is 1.04. The molecule has 88 valence electrons. The highest BCUT2D eigenvalue weighted by atomic mass is 15.1. The number of hydrogen-bond donors (Lipinski definition) is 0. The number of nitrogens with zero attached hydrogens (tertiary/aromatic N) is 1. The molecule has 1 aromatic carbocycles. The molecule has 0 N–H and O–H groups in total. The van der Waals surface area contributed by atoms with Gasteiger partial charge >= 0.3 is 0 Å². The van der Waals surface area contributed by atoms with Crippen LogP contribution >= 0.6 is 0 Å². The van der Waals surface area contributed by atoms with Crippen molar-refractivity contribution in [1.82, 2.24) is 4.90 Å². The molecular formula is C15H23N. The Hall–Kier alpha value is -1.08. The first-order valence-electron chi connectivity index (χ1n) is 6.16. The van der Waals surface area contributed by atoms with Crippen LogP contribution in [0.1, 0.15) is 37.3 Å². The van der Waals surface area contributed by atoms with E-state index in [0.717, 1.165) is 6.54 Å². The maximum atomic E-state index is 3.76. The second-order valence-corrected chi connectivity index (χ2v) is 4.39. The summed E-state index contributed by atoms with van der Waals surface area (Å²) in [5.74, 6) is 0. The molecule has 0 spiro atoms. The van der Waals surface area contributed by atoms with Gasteiger partial charge in [-0.05, 0) is 31.1 Å². The van der Waals surface area contributed by atoms with Crippen LogP contribution in [0, 0.1) is 0 Å². The molecule has 0 saturated carbocycles. The van der Waals surface area contributed by atoms with Crippen molar-refractivity contribution in [3.63, 3.8) is 0 Å². The van der Waals surface area contributed by atoms with Crippen molar-refractivity contribution < 1.29 is 0 Å². The van der Waals surface area contributed by atoms with Crippen LogP contribution < -0.4 is 0 Å². The van der Waals surface area contributed by atoms with Gasteiger partial charge in [-0.3, -0.25) is 0 Å². The van der Waals surface area contributed by atoms with Gasteiger partial charge in [0, 0.05) is 6.54 Å². The Bertz CT molecular complexity index is 300. The van der Waals surface area contributed by atoms with E-state index in [1.54, 1.807) is 0 Å². The predicted octanol–water partition coefficient (Wildman–Crippen LogP) is 3.95. The topological polar surface area (TPSA) is 3.24 Å². The van der Waals surface area contributed by atoms with Crippen molar-refractivity contribution in [1.29, 1.82) is 0 Å². The molecule has 0 bridgehead atoms. The minimum atomic E-state index is 1.04. The molecule has 0 aliphatic heterocycles. The molecule has 1 heteroatoms. The van der Waals surface area contributed by atoms with Crippen molar-refractivity contribution >= 4 is 6.08 Å². The van der Waals surface area contributed by atoms with Crippen LogP contribution in [-0.4, -0.2) is 18.5 Å². The molecule has 0 amide bonds. The normalized spacial score (nSPS) is 10.7. The molecule has 1 aromatic rings. The summed E-state index contributed by atoms with van der Waals surface area (Å²) >= 11 is 0. The summed E-state index contributed by atoms with van der Waals surface area (Å²) in [6.07, 6.45) is 5.81. The molecule has 0 aromatic heterocycles. The number of hydrogen-bond acceptors (Lipinski definition) is 1. The molecule has 0 fully saturated rings. The molecule has 0 unspecified atom stereocenters. The standard InChI is InChI=1S/C15H23N/c1-4-6-7-12-16(3)13-15-10-8-14(5-2)9-11-15/h5,8-11H,2,4,6-7,12-13H2,1,3H3. The SMILES string of the molecule is C=Cc1ccc(CN(C)CCCCC)cc1. The smallest absolute Gasteiger partial charge is 0.0230 e.